The quantitative estimate of drug-likeness (QED) is 0.903. The zero-order valence-corrected chi connectivity index (χ0v) is 13.0. The van der Waals surface area contributed by atoms with Crippen molar-refractivity contribution < 1.29 is 19.1 Å². The predicted octanol–water partition coefficient (Wildman–Crippen LogP) is 1.13. The van der Waals surface area contributed by atoms with Gasteiger partial charge in [-0.05, 0) is 32.9 Å². The van der Waals surface area contributed by atoms with E-state index in [-0.39, 0.29) is 23.9 Å². The molecule has 22 heavy (non-hydrogen) atoms. The first-order valence-electron chi connectivity index (χ1n) is 7.39. The van der Waals surface area contributed by atoms with Crippen LogP contribution in [0.1, 0.15) is 20.8 Å². The Morgan fingerprint density at radius 3 is 2.77 bits per heavy atom. The van der Waals surface area contributed by atoms with Gasteiger partial charge >= 0.3 is 0 Å². The molecule has 2 aliphatic rings. The van der Waals surface area contributed by atoms with Gasteiger partial charge in [-0.2, -0.15) is 0 Å². The average molecular weight is 304 g/mol. The van der Waals surface area contributed by atoms with Gasteiger partial charge in [0.25, 0.3) is 5.91 Å². The van der Waals surface area contributed by atoms with Gasteiger partial charge in [0.2, 0.25) is 0 Å². The van der Waals surface area contributed by atoms with Crippen LogP contribution in [0.4, 0.5) is 5.69 Å². The van der Waals surface area contributed by atoms with Gasteiger partial charge in [0.1, 0.15) is 17.1 Å². The van der Waals surface area contributed by atoms with E-state index in [1.807, 2.05) is 13.0 Å². The number of fused-ring (bicyclic) bond motifs is 1. The molecule has 1 aromatic rings. The smallest absolute Gasteiger partial charge is 0.265 e. The van der Waals surface area contributed by atoms with E-state index in [9.17, 15) is 9.59 Å². The Hall–Kier alpha value is -2.08. The maximum absolute atomic E-state index is 12.2. The molecule has 0 aliphatic carbocycles. The molecule has 0 radical (unpaired) electrons. The highest BCUT2D eigenvalue weighted by Crippen LogP contribution is 2.37. The van der Waals surface area contributed by atoms with E-state index < -0.39 is 6.04 Å². The van der Waals surface area contributed by atoms with Crippen LogP contribution in [0.5, 0.6) is 11.5 Å². The fraction of sp³-hybridized carbons (Fsp3) is 0.500. The molecule has 1 atom stereocenters. The number of benzene rings is 1. The number of anilines is 1. The van der Waals surface area contributed by atoms with Crippen LogP contribution in [0.3, 0.4) is 0 Å². The highest BCUT2D eigenvalue weighted by atomic mass is 16.5. The van der Waals surface area contributed by atoms with E-state index >= 15 is 0 Å². The van der Waals surface area contributed by atoms with Crippen LogP contribution >= 0.6 is 0 Å². The lowest BCUT2D eigenvalue weighted by Gasteiger charge is -2.40. The molecule has 0 bridgehead atoms. The summed E-state index contributed by atoms with van der Waals surface area (Å²) in [5, 5.41) is 3.17. The van der Waals surface area contributed by atoms with Crippen molar-refractivity contribution in [1.29, 1.82) is 0 Å². The highest BCUT2D eigenvalue weighted by Gasteiger charge is 2.35. The zero-order valence-electron chi connectivity index (χ0n) is 13.0. The van der Waals surface area contributed by atoms with E-state index in [4.69, 9.17) is 9.47 Å². The molecule has 1 amide bonds. The number of hydrogen-bond acceptors (Lipinski definition) is 5. The number of carbonyl (C=O) groups is 2. The lowest BCUT2D eigenvalue weighted by Crippen LogP contribution is -2.61. The maximum Gasteiger partial charge on any atom is 0.265 e. The molecular formula is C16H20N2O4. The molecule has 2 heterocycles. The summed E-state index contributed by atoms with van der Waals surface area (Å²) >= 11 is 0. The van der Waals surface area contributed by atoms with Crippen LogP contribution in [-0.2, 0) is 9.59 Å². The van der Waals surface area contributed by atoms with Crippen molar-refractivity contribution in [2.45, 2.75) is 32.4 Å². The Bertz CT molecular complexity index is 625. The number of Topliss-reactive ketones (excluding diaryl/α,β-unsaturated/α-hetero) is 1. The minimum atomic E-state index is -0.522. The van der Waals surface area contributed by atoms with Gasteiger partial charge in [-0.3, -0.25) is 14.5 Å². The summed E-state index contributed by atoms with van der Waals surface area (Å²) in [7, 11) is 0. The average Bonchev–Trinajstić information content (AvgIpc) is 2.44. The number of carbonyl (C=O) groups excluding carboxylic acids is 2. The molecule has 6 heteroatoms. The van der Waals surface area contributed by atoms with E-state index in [0.717, 1.165) is 13.1 Å². The molecule has 3 rings (SSSR count). The third-order valence-corrected chi connectivity index (χ3v) is 4.15. The molecule has 1 unspecified atom stereocenters. The van der Waals surface area contributed by atoms with E-state index in [1.165, 1.54) is 11.8 Å². The summed E-state index contributed by atoms with van der Waals surface area (Å²) in [5.41, 5.74) is 0.359. The van der Waals surface area contributed by atoms with Crippen molar-refractivity contribution in [2.75, 3.05) is 24.6 Å². The van der Waals surface area contributed by atoms with Gasteiger partial charge in [-0.1, -0.05) is 0 Å². The van der Waals surface area contributed by atoms with Crippen LogP contribution in [0, 0.1) is 0 Å². The maximum atomic E-state index is 12.2. The summed E-state index contributed by atoms with van der Waals surface area (Å²) in [6, 6.07) is 4.86. The monoisotopic (exact) mass is 304 g/mol. The summed E-state index contributed by atoms with van der Waals surface area (Å²) in [6.07, 6.45) is 0. The summed E-state index contributed by atoms with van der Waals surface area (Å²) in [6.45, 7) is 6.75. The number of nitrogens with zero attached hydrogens (tertiary/aromatic N) is 1. The van der Waals surface area contributed by atoms with Crippen molar-refractivity contribution in [3.8, 4) is 11.5 Å². The summed E-state index contributed by atoms with van der Waals surface area (Å²) in [5.74, 6) is 0.977. The van der Waals surface area contributed by atoms with Gasteiger partial charge in [-0.15, -0.1) is 0 Å². The Kier molecular flexibility index (Phi) is 3.56. The van der Waals surface area contributed by atoms with E-state index in [1.54, 1.807) is 19.1 Å². The SMILES string of the molecule is CC(=O)C(C)N1C(=O)COc2ccc(OC3(C)CNC3)cc21. The van der Waals surface area contributed by atoms with E-state index in [0.29, 0.717) is 17.2 Å². The number of nitrogens with one attached hydrogen (secondary N) is 1. The zero-order chi connectivity index (χ0) is 15.9. The van der Waals surface area contributed by atoms with Crippen LogP contribution < -0.4 is 19.7 Å². The Balaban J connectivity index is 1.93. The lowest BCUT2D eigenvalue weighted by atomic mass is 10.00. The van der Waals surface area contributed by atoms with Crippen molar-refractivity contribution in [3.05, 3.63) is 18.2 Å². The second-order valence-corrected chi connectivity index (χ2v) is 6.12. The highest BCUT2D eigenvalue weighted by molar-refractivity contribution is 6.03. The standard InChI is InChI=1S/C16H20N2O4/c1-10(11(2)19)18-13-6-12(22-16(3)8-17-9-16)4-5-14(13)21-7-15(18)20/h4-6,10,17H,7-9H2,1-3H3. The van der Waals surface area contributed by atoms with Crippen LogP contribution in [0.25, 0.3) is 0 Å². The fourth-order valence-electron chi connectivity index (χ4n) is 2.65. The number of ketones is 1. The van der Waals surface area contributed by atoms with E-state index in [2.05, 4.69) is 5.32 Å². The molecule has 0 spiro atoms. The fourth-order valence-corrected chi connectivity index (χ4v) is 2.65. The molecule has 0 aromatic heterocycles. The normalized spacial score (nSPS) is 20.5. The molecule has 0 saturated carbocycles. The third-order valence-electron chi connectivity index (χ3n) is 4.15. The number of ether oxygens (including phenoxy) is 2. The Labute approximate surface area is 129 Å². The molecule has 1 saturated heterocycles. The largest absolute Gasteiger partial charge is 0.485 e. The molecule has 1 N–H and O–H groups in total. The van der Waals surface area contributed by atoms with Crippen molar-refractivity contribution in [1.82, 2.24) is 5.32 Å². The van der Waals surface area contributed by atoms with Crippen LogP contribution in [0.15, 0.2) is 18.2 Å². The van der Waals surface area contributed by atoms with Gasteiger partial charge in [0.15, 0.2) is 12.4 Å². The molecule has 6 nitrogen and oxygen atoms in total. The molecule has 1 aromatic carbocycles. The van der Waals surface area contributed by atoms with Gasteiger partial charge in [-0.25, -0.2) is 0 Å². The minimum Gasteiger partial charge on any atom is -0.485 e. The Morgan fingerprint density at radius 2 is 2.18 bits per heavy atom. The van der Waals surface area contributed by atoms with Gasteiger partial charge < -0.3 is 14.8 Å². The summed E-state index contributed by atoms with van der Waals surface area (Å²) in [4.78, 5) is 25.4. The Morgan fingerprint density at radius 1 is 1.45 bits per heavy atom. The first kappa shape index (κ1) is 14.8. The predicted molar refractivity (Wildman–Crippen MR) is 81.5 cm³/mol. The topological polar surface area (TPSA) is 67.9 Å². The lowest BCUT2D eigenvalue weighted by molar-refractivity contribution is -0.125. The van der Waals surface area contributed by atoms with Crippen LogP contribution in [-0.4, -0.2) is 43.0 Å². The van der Waals surface area contributed by atoms with Crippen molar-refractivity contribution in [3.63, 3.8) is 0 Å². The number of hydrogen-bond donors (Lipinski definition) is 1. The molecule has 1 fully saturated rings. The van der Waals surface area contributed by atoms with Gasteiger partial charge in [0, 0.05) is 19.2 Å². The second kappa shape index (κ2) is 5.28. The molecular weight excluding hydrogens is 284 g/mol. The van der Waals surface area contributed by atoms with Crippen LogP contribution in [0.2, 0.25) is 0 Å². The first-order valence-corrected chi connectivity index (χ1v) is 7.39. The van der Waals surface area contributed by atoms with Crippen molar-refractivity contribution >= 4 is 17.4 Å². The first-order chi connectivity index (χ1) is 10.4. The number of rotatable bonds is 4. The third kappa shape index (κ3) is 2.54. The molecule has 118 valence electrons. The van der Waals surface area contributed by atoms with Crippen molar-refractivity contribution in [2.24, 2.45) is 0 Å². The number of amides is 1. The summed E-state index contributed by atoms with van der Waals surface area (Å²) < 4.78 is 11.4. The second-order valence-electron chi connectivity index (χ2n) is 6.12. The van der Waals surface area contributed by atoms with Gasteiger partial charge in [0.05, 0.1) is 11.7 Å². The minimum absolute atomic E-state index is 0.0491. The molecule has 2 aliphatic heterocycles.